The highest BCUT2D eigenvalue weighted by Gasteiger charge is 2.69. The minimum atomic E-state index is -1.37. The molecule has 0 aliphatic heterocycles. The first-order chi connectivity index (χ1) is 15.0. The van der Waals surface area contributed by atoms with Crippen molar-refractivity contribution >= 4 is 17.5 Å². The zero-order valence-corrected chi connectivity index (χ0v) is 19.3. The van der Waals surface area contributed by atoms with Gasteiger partial charge in [0.05, 0.1) is 5.41 Å². The maximum Gasteiger partial charge on any atom is 0.333 e. The van der Waals surface area contributed by atoms with Crippen LogP contribution in [0.1, 0.15) is 52.9 Å². The molecule has 7 nitrogen and oxygen atoms in total. The summed E-state index contributed by atoms with van der Waals surface area (Å²) in [4.78, 5) is 38.7. The number of Topliss-reactive ketones (excluding diaryl/α,β-unsaturated/α-hetero) is 1. The van der Waals surface area contributed by atoms with E-state index in [2.05, 4.69) is 6.92 Å². The number of rotatable bonds is 5. The van der Waals surface area contributed by atoms with Crippen LogP contribution >= 0.6 is 0 Å². The maximum absolute atomic E-state index is 13.2. The first-order valence-electron chi connectivity index (χ1n) is 11.6. The van der Waals surface area contributed by atoms with Crippen molar-refractivity contribution in [1.82, 2.24) is 0 Å². The zero-order valence-electron chi connectivity index (χ0n) is 19.3. The Balaban J connectivity index is 1.73. The van der Waals surface area contributed by atoms with Gasteiger partial charge < -0.3 is 19.7 Å². The molecule has 3 fully saturated rings. The summed E-state index contributed by atoms with van der Waals surface area (Å²) in [7, 11) is 1.40. The molecule has 0 aromatic rings. The van der Waals surface area contributed by atoms with Crippen LogP contribution in [0.3, 0.4) is 0 Å². The molecule has 7 atom stereocenters. The lowest BCUT2D eigenvalue weighted by Gasteiger charge is -2.59. The first-order valence-corrected chi connectivity index (χ1v) is 11.6. The molecule has 0 aromatic carbocycles. The predicted molar refractivity (Wildman–Crippen MR) is 116 cm³/mol. The number of esters is 1. The van der Waals surface area contributed by atoms with Crippen LogP contribution in [0.2, 0.25) is 0 Å². The Bertz CT molecular complexity index is 904. The molecule has 0 amide bonds. The topological polar surface area (TPSA) is 110 Å². The lowest BCUT2D eigenvalue weighted by molar-refractivity contribution is -0.194. The van der Waals surface area contributed by atoms with Gasteiger partial charge in [-0.2, -0.15) is 0 Å². The summed E-state index contributed by atoms with van der Waals surface area (Å²) in [5, 5.41) is 19.8. The number of hydrogen-bond donors (Lipinski definition) is 2. The Kier molecular flexibility index (Phi) is 5.65. The Hall–Kier alpha value is -1.99. The van der Waals surface area contributed by atoms with Crippen molar-refractivity contribution < 1.29 is 34.1 Å². The number of methoxy groups -OCH3 is 1. The number of ether oxygens (including phenoxy) is 2. The number of carbonyl (C=O) groups excluding carboxylic acids is 3. The third-order valence-electron chi connectivity index (χ3n) is 9.29. The van der Waals surface area contributed by atoms with Crippen LogP contribution in [-0.2, 0) is 23.9 Å². The number of hydrogen-bond acceptors (Lipinski definition) is 7. The van der Waals surface area contributed by atoms with E-state index in [4.69, 9.17) is 9.47 Å². The fourth-order valence-electron chi connectivity index (χ4n) is 7.85. The summed E-state index contributed by atoms with van der Waals surface area (Å²) in [6.45, 7) is 5.18. The van der Waals surface area contributed by atoms with Crippen molar-refractivity contribution in [2.24, 2.45) is 34.5 Å². The minimum Gasteiger partial charge on any atom is -0.508 e. The van der Waals surface area contributed by atoms with E-state index in [0.717, 1.165) is 12.0 Å². The maximum atomic E-state index is 13.2. The van der Waals surface area contributed by atoms with Crippen molar-refractivity contribution in [1.29, 1.82) is 0 Å². The van der Waals surface area contributed by atoms with Crippen molar-refractivity contribution in [2.75, 3.05) is 20.3 Å². The third-order valence-corrected chi connectivity index (χ3v) is 9.29. The van der Waals surface area contributed by atoms with Crippen LogP contribution in [-0.4, -0.2) is 53.7 Å². The van der Waals surface area contributed by atoms with E-state index in [9.17, 15) is 24.6 Å². The van der Waals surface area contributed by atoms with Gasteiger partial charge in [-0.3, -0.25) is 9.59 Å². The number of fused-ring (bicyclic) bond motifs is 5. The van der Waals surface area contributed by atoms with Gasteiger partial charge in [-0.05, 0) is 74.3 Å². The number of allylic oxidation sites excluding steroid dienone is 3. The second-order valence-corrected chi connectivity index (χ2v) is 10.6. The Morgan fingerprint density at radius 2 is 1.84 bits per heavy atom. The number of aliphatic hydroxyl groups is 2. The van der Waals surface area contributed by atoms with E-state index in [0.29, 0.717) is 25.7 Å². The van der Waals surface area contributed by atoms with E-state index in [1.54, 1.807) is 6.08 Å². The van der Waals surface area contributed by atoms with Gasteiger partial charge >= 0.3 is 5.97 Å². The second-order valence-electron chi connectivity index (χ2n) is 10.6. The molecular weight excluding hydrogens is 412 g/mol. The number of ketones is 2. The van der Waals surface area contributed by atoms with Gasteiger partial charge in [0.25, 0.3) is 0 Å². The monoisotopic (exact) mass is 446 g/mol. The highest BCUT2D eigenvalue weighted by atomic mass is 16.6. The Labute approximate surface area is 188 Å². The molecule has 4 rings (SSSR count). The summed E-state index contributed by atoms with van der Waals surface area (Å²) in [6, 6.07) is 0. The third kappa shape index (κ3) is 2.97. The Morgan fingerprint density at radius 1 is 1.16 bits per heavy atom. The molecule has 0 spiro atoms. The van der Waals surface area contributed by atoms with Crippen LogP contribution in [0.5, 0.6) is 0 Å². The van der Waals surface area contributed by atoms with Crippen LogP contribution in [0.4, 0.5) is 0 Å². The van der Waals surface area contributed by atoms with Crippen molar-refractivity contribution in [3.05, 3.63) is 23.5 Å². The van der Waals surface area contributed by atoms with E-state index < -0.39 is 34.8 Å². The fraction of sp³-hybridized carbons (Fsp3) is 0.720. The highest BCUT2D eigenvalue weighted by molar-refractivity contribution is 5.99. The van der Waals surface area contributed by atoms with Crippen LogP contribution in [0.25, 0.3) is 0 Å². The summed E-state index contributed by atoms with van der Waals surface area (Å²) in [6.07, 6.45) is 6.34. The molecule has 2 N–H and O–H groups in total. The predicted octanol–water partition coefficient (Wildman–Crippen LogP) is 2.92. The molecule has 0 saturated heterocycles. The van der Waals surface area contributed by atoms with Crippen LogP contribution in [0, 0.1) is 34.5 Å². The molecule has 0 aromatic heterocycles. The van der Waals surface area contributed by atoms with E-state index in [1.807, 2.05) is 13.8 Å². The normalized spacial score (nSPS) is 42.8. The van der Waals surface area contributed by atoms with Crippen LogP contribution in [0.15, 0.2) is 23.5 Å². The summed E-state index contributed by atoms with van der Waals surface area (Å²) in [5.74, 6) is -0.624. The summed E-state index contributed by atoms with van der Waals surface area (Å²) >= 11 is 0. The van der Waals surface area contributed by atoms with Gasteiger partial charge in [0, 0.05) is 18.6 Å². The van der Waals surface area contributed by atoms with Gasteiger partial charge in [0.1, 0.15) is 19.0 Å². The smallest absolute Gasteiger partial charge is 0.333 e. The largest absolute Gasteiger partial charge is 0.508 e. The SMILES string of the molecule is COCC(=O)O[C@]1(C(=O)CO)CC[C@H]2[C@@H]3C[C@H](C)C4=CC(O)=CC(=O)[C@]4(C)[C@H]3CC[C@@]21C. The van der Waals surface area contributed by atoms with Gasteiger partial charge in [-0.15, -0.1) is 0 Å². The number of aliphatic hydroxyl groups excluding tert-OH is 2. The fourth-order valence-corrected chi connectivity index (χ4v) is 7.85. The standard InChI is InChI=1S/C25H34O7/c1-14-9-16-17-6-8-25(21(29)12-26,32-22(30)13-31-4)23(17,2)7-5-18(16)24(3)19(14)10-15(27)11-20(24)28/h10-11,14,16-18,26-27H,5-9,12-13H2,1-4H3/t14-,16-,17-,18-,23-,24+,25-/m0/s1. The van der Waals surface area contributed by atoms with E-state index in [-0.39, 0.29) is 41.8 Å². The summed E-state index contributed by atoms with van der Waals surface area (Å²) in [5.41, 5.74) is -1.67. The first kappa shape index (κ1) is 23.2. The molecule has 0 unspecified atom stereocenters. The highest BCUT2D eigenvalue weighted by Crippen LogP contribution is 2.68. The van der Waals surface area contributed by atoms with Crippen molar-refractivity contribution in [3.8, 4) is 0 Å². The van der Waals surface area contributed by atoms with E-state index in [1.165, 1.54) is 13.2 Å². The summed E-state index contributed by atoms with van der Waals surface area (Å²) < 4.78 is 10.8. The molecule has 3 saturated carbocycles. The van der Waals surface area contributed by atoms with Crippen molar-refractivity contribution in [3.63, 3.8) is 0 Å². The lowest BCUT2D eigenvalue weighted by atomic mass is 9.45. The van der Waals surface area contributed by atoms with Crippen LogP contribution < -0.4 is 0 Å². The Morgan fingerprint density at radius 3 is 2.50 bits per heavy atom. The molecule has 32 heavy (non-hydrogen) atoms. The van der Waals surface area contributed by atoms with Gasteiger partial charge in [-0.25, -0.2) is 4.79 Å². The van der Waals surface area contributed by atoms with E-state index >= 15 is 0 Å². The molecular formula is C25H34O7. The molecule has 4 aliphatic rings. The molecule has 0 bridgehead atoms. The second kappa shape index (κ2) is 7.80. The van der Waals surface area contributed by atoms with Gasteiger partial charge in [0.15, 0.2) is 11.4 Å². The zero-order chi connectivity index (χ0) is 23.5. The quantitative estimate of drug-likeness (QED) is 0.625. The molecule has 4 aliphatic carbocycles. The molecule has 7 heteroatoms. The average Bonchev–Trinajstić information content (AvgIpc) is 3.03. The number of carbonyl (C=O) groups is 3. The lowest BCUT2D eigenvalue weighted by Crippen LogP contribution is -2.61. The molecule has 0 radical (unpaired) electrons. The molecule has 176 valence electrons. The minimum absolute atomic E-state index is 0.0203. The van der Waals surface area contributed by atoms with Gasteiger partial charge in [0.2, 0.25) is 5.78 Å². The molecule has 0 heterocycles. The average molecular weight is 447 g/mol. The van der Waals surface area contributed by atoms with Crippen molar-refractivity contribution in [2.45, 2.75) is 58.5 Å². The van der Waals surface area contributed by atoms with Gasteiger partial charge in [-0.1, -0.05) is 13.8 Å².